The van der Waals surface area contributed by atoms with Crippen LogP contribution in [0.5, 0.6) is 0 Å². The zero-order valence-corrected chi connectivity index (χ0v) is 16.3. The molecule has 19 heavy (non-hydrogen) atoms. The molecule has 0 spiro atoms. The van der Waals surface area contributed by atoms with E-state index < -0.39 is 3.66 Å². The Kier molecular flexibility index (Phi) is 5.15. The van der Waals surface area contributed by atoms with Crippen LogP contribution in [0.2, 0.25) is 0 Å². The van der Waals surface area contributed by atoms with Gasteiger partial charge in [-0.05, 0) is 20.8 Å². The van der Waals surface area contributed by atoms with Crippen molar-refractivity contribution in [2.75, 3.05) is 6.61 Å². The minimum absolute atomic E-state index is 0.0286. The summed E-state index contributed by atoms with van der Waals surface area (Å²) in [6.07, 6.45) is 0. The standard InChI is InChI=1S/C13H23Br2NO2S/c1-11(2,3)16-8(7-17)9(14)13(15,10(16)18)19-12(4,5)6/h8-9,17H,7H2,1-6H3. The minimum Gasteiger partial charge on any atom is -0.394 e. The highest BCUT2D eigenvalue weighted by Crippen LogP contribution is 2.53. The van der Waals surface area contributed by atoms with Crippen molar-refractivity contribution in [3.63, 3.8) is 0 Å². The number of rotatable bonds is 2. The Morgan fingerprint density at radius 2 is 1.79 bits per heavy atom. The molecule has 1 N–H and O–H groups in total. The summed E-state index contributed by atoms with van der Waals surface area (Å²) in [5.74, 6) is 0.0286. The van der Waals surface area contributed by atoms with Crippen LogP contribution < -0.4 is 0 Å². The Morgan fingerprint density at radius 1 is 1.32 bits per heavy atom. The maximum absolute atomic E-state index is 12.8. The molecule has 1 saturated heterocycles. The summed E-state index contributed by atoms with van der Waals surface area (Å²) in [5, 5.41) is 9.66. The Labute approximate surface area is 137 Å². The van der Waals surface area contributed by atoms with Crippen molar-refractivity contribution in [2.24, 2.45) is 0 Å². The minimum atomic E-state index is -0.730. The lowest BCUT2D eigenvalue weighted by atomic mass is 10.0. The van der Waals surface area contributed by atoms with E-state index in [9.17, 15) is 9.90 Å². The second kappa shape index (κ2) is 5.50. The number of halogens is 2. The smallest absolute Gasteiger partial charge is 0.251 e. The molecule has 112 valence electrons. The Bertz CT molecular complexity index is 365. The fraction of sp³-hybridized carbons (Fsp3) is 0.923. The Balaban J connectivity index is 3.20. The maximum Gasteiger partial charge on any atom is 0.251 e. The molecule has 0 saturated carbocycles. The quantitative estimate of drug-likeness (QED) is 0.701. The van der Waals surface area contributed by atoms with Gasteiger partial charge in [0.2, 0.25) is 0 Å². The number of carbonyl (C=O) groups excluding carboxylic acids is 1. The molecule has 0 aromatic carbocycles. The first-order valence-electron chi connectivity index (χ1n) is 6.32. The van der Waals surface area contributed by atoms with Gasteiger partial charge in [-0.3, -0.25) is 4.79 Å². The highest BCUT2D eigenvalue weighted by Gasteiger charge is 2.60. The first kappa shape index (κ1) is 17.8. The highest BCUT2D eigenvalue weighted by molar-refractivity contribution is 9.14. The summed E-state index contributed by atoms with van der Waals surface area (Å²) < 4.78 is -0.787. The van der Waals surface area contributed by atoms with Crippen LogP contribution in [0.15, 0.2) is 0 Å². The first-order valence-corrected chi connectivity index (χ1v) is 8.85. The summed E-state index contributed by atoms with van der Waals surface area (Å²) >= 11 is 8.85. The van der Waals surface area contributed by atoms with Crippen LogP contribution in [0.4, 0.5) is 0 Å². The summed E-state index contributed by atoms with van der Waals surface area (Å²) in [6, 6.07) is -0.221. The van der Waals surface area contributed by atoms with E-state index >= 15 is 0 Å². The van der Waals surface area contributed by atoms with Crippen molar-refractivity contribution in [1.29, 1.82) is 0 Å². The predicted octanol–water partition coefficient (Wildman–Crippen LogP) is 3.37. The molecular weight excluding hydrogens is 394 g/mol. The number of aliphatic hydroxyl groups is 1. The van der Waals surface area contributed by atoms with E-state index in [-0.39, 0.29) is 33.7 Å². The van der Waals surface area contributed by atoms with Gasteiger partial charge in [0, 0.05) is 10.3 Å². The monoisotopic (exact) mass is 415 g/mol. The van der Waals surface area contributed by atoms with E-state index in [4.69, 9.17) is 0 Å². The SMILES string of the molecule is CC(C)(C)SC1(Br)C(=O)N(C(C)(C)C)C(CO)C1Br. The summed E-state index contributed by atoms with van der Waals surface area (Å²) in [4.78, 5) is 14.5. The first-order chi connectivity index (χ1) is 8.34. The molecule has 6 heteroatoms. The lowest BCUT2D eigenvalue weighted by Gasteiger charge is -2.37. The molecule has 1 rings (SSSR count). The number of hydrogen-bond acceptors (Lipinski definition) is 3. The predicted molar refractivity (Wildman–Crippen MR) is 89.2 cm³/mol. The molecule has 0 bridgehead atoms. The fourth-order valence-electron chi connectivity index (χ4n) is 2.33. The number of nitrogens with zero attached hydrogens (tertiary/aromatic N) is 1. The van der Waals surface area contributed by atoms with Crippen LogP contribution in [-0.2, 0) is 4.79 Å². The molecule has 0 aliphatic carbocycles. The van der Waals surface area contributed by atoms with E-state index in [0.29, 0.717) is 0 Å². The third-order valence-electron chi connectivity index (χ3n) is 2.90. The summed E-state index contributed by atoms with van der Waals surface area (Å²) in [5.41, 5.74) is -0.315. The zero-order chi connectivity index (χ0) is 15.2. The molecule has 1 heterocycles. The molecule has 1 aliphatic rings. The van der Waals surface area contributed by atoms with E-state index in [1.54, 1.807) is 16.7 Å². The van der Waals surface area contributed by atoms with Gasteiger partial charge >= 0.3 is 0 Å². The van der Waals surface area contributed by atoms with Crippen molar-refractivity contribution < 1.29 is 9.90 Å². The van der Waals surface area contributed by atoms with Gasteiger partial charge in [-0.2, -0.15) is 0 Å². The second-order valence-corrected chi connectivity index (χ2v) is 11.7. The van der Waals surface area contributed by atoms with Gasteiger partial charge < -0.3 is 10.0 Å². The lowest BCUT2D eigenvalue weighted by Crippen LogP contribution is -2.50. The van der Waals surface area contributed by atoms with Crippen molar-refractivity contribution in [2.45, 2.75) is 66.4 Å². The average molecular weight is 417 g/mol. The van der Waals surface area contributed by atoms with Crippen LogP contribution in [0.25, 0.3) is 0 Å². The van der Waals surface area contributed by atoms with Crippen LogP contribution in [-0.4, -0.2) is 47.3 Å². The van der Waals surface area contributed by atoms with Crippen molar-refractivity contribution in [3.05, 3.63) is 0 Å². The fourth-order valence-corrected chi connectivity index (χ4v) is 6.51. The molecule has 0 aromatic heterocycles. The van der Waals surface area contributed by atoms with Gasteiger partial charge in [0.25, 0.3) is 5.91 Å². The van der Waals surface area contributed by atoms with Gasteiger partial charge in [0.15, 0.2) is 3.66 Å². The second-order valence-electron chi connectivity index (χ2n) is 6.86. The van der Waals surface area contributed by atoms with E-state index in [1.165, 1.54) is 0 Å². The number of likely N-dealkylation sites (tertiary alicyclic amines) is 1. The van der Waals surface area contributed by atoms with Crippen LogP contribution in [0.3, 0.4) is 0 Å². The summed E-state index contributed by atoms with van der Waals surface area (Å²) in [7, 11) is 0. The molecule has 3 nitrogen and oxygen atoms in total. The number of aliphatic hydroxyl groups excluding tert-OH is 1. The molecular formula is C13H23Br2NO2S. The number of alkyl halides is 2. The van der Waals surface area contributed by atoms with Crippen LogP contribution in [0.1, 0.15) is 41.5 Å². The molecule has 1 aliphatic heterocycles. The normalized spacial score (nSPS) is 33.1. The Morgan fingerprint density at radius 3 is 2.05 bits per heavy atom. The topological polar surface area (TPSA) is 40.5 Å². The highest BCUT2D eigenvalue weighted by atomic mass is 79.9. The average Bonchev–Trinajstić information content (AvgIpc) is 2.36. The number of carbonyl (C=O) groups is 1. The molecule has 1 fully saturated rings. The number of hydrogen-bond donors (Lipinski definition) is 1. The largest absolute Gasteiger partial charge is 0.394 e. The van der Waals surface area contributed by atoms with Gasteiger partial charge in [0.1, 0.15) is 0 Å². The molecule has 0 radical (unpaired) electrons. The maximum atomic E-state index is 12.8. The van der Waals surface area contributed by atoms with E-state index in [0.717, 1.165) is 0 Å². The number of thioether (sulfide) groups is 1. The summed E-state index contributed by atoms with van der Waals surface area (Å²) in [6.45, 7) is 12.2. The molecule has 1 amide bonds. The van der Waals surface area contributed by atoms with Crippen molar-refractivity contribution in [3.8, 4) is 0 Å². The molecule has 3 unspecified atom stereocenters. The lowest BCUT2D eigenvalue weighted by molar-refractivity contribution is -0.134. The van der Waals surface area contributed by atoms with Gasteiger partial charge in [-0.15, -0.1) is 11.8 Å². The van der Waals surface area contributed by atoms with E-state index in [1.807, 2.05) is 20.8 Å². The van der Waals surface area contributed by atoms with Gasteiger partial charge in [-0.1, -0.05) is 52.6 Å². The third kappa shape index (κ3) is 3.50. The molecule has 3 atom stereocenters. The van der Waals surface area contributed by atoms with Crippen LogP contribution in [0, 0.1) is 0 Å². The van der Waals surface area contributed by atoms with E-state index in [2.05, 4.69) is 52.6 Å². The van der Waals surface area contributed by atoms with Gasteiger partial charge in [-0.25, -0.2) is 0 Å². The van der Waals surface area contributed by atoms with Crippen molar-refractivity contribution in [1.82, 2.24) is 4.90 Å². The number of amides is 1. The Hall–Kier alpha value is 0.740. The van der Waals surface area contributed by atoms with Crippen molar-refractivity contribution >= 4 is 49.5 Å². The zero-order valence-electron chi connectivity index (χ0n) is 12.3. The van der Waals surface area contributed by atoms with Crippen LogP contribution >= 0.6 is 43.6 Å². The molecule has 0 aromatic rings. The van der Waals surface area contributed by atoms with Gasteiger partial charge in [0.05, 0.1) is 17.5 Å². The third-order valence-corrected chi connectivity index (χ3v) is 7.77.